The van der Waals surface area contributed by atoms with Crippen molar-refractivity contribution in [2.24, 2.45) is 0 Å². The second kappa shape index (κ2) is 6.24. The number of para-hydroxylation sites is 1. The van der Waals surface area contributed by atoms with Gasteiger partial charge in [0.1, 0.15) is 10.8 Å². The second-order valence-corrected chi connectivity index (χ2v) is 5.98. The Hall–Kier alpha value is -1.91. The lowest BCUT2D eigenvalue weighted by Gasteiger charge is -2.13. The van der Waals surface area contributed by atoms with Crippen molar-refractivity contribution >= 4 is 21.6 Å². The van der Waals surface area contributed by atoms with Gasteiger partial charge in [0.05, 0.1) is 23.4 Å². The summed E-state index contributed by atoms with van der Waals surface area (Å²) in [7, 11) is 3.67. The van der Waals surface area contributed by atoms with Crippen LogP contribution in [-0.4, -0.2) is 19.1 Å². The van der Waals surface area contributed by atoms with E-state index in [9.17, 15) is 0 Å². The number of methoxy groups -OCH3 is 1. The van der Waals surface area contributed by atoms with Gasteiger partial charge < -0.3 is 10.1 Å². The van der Waals surface area contributed by atoms with E-state index in [-0.39, 0.29) is 6.04 Å². The van der Waals surface area contributed by atoms with Crippen molar-refractivity contribution in [1.29, 1.82) is 0 Å². The van der Waals surface area contributed by atoms with E-state index in [0.29, 0.717) is 0 Å². The maximum absolute atomic E-state index is 5.20. The Labute approximate surface area is 128 Å². The quantitative estimate of drug-likeness (QED) is 0.778. The Kier molecular flexibility index (Phi) is 4.18. The Bertz CT molecular complexity index is 688. The van der Waals surface area contributed by atoms with Crippen LogP contribution in [0.3, 0.4) is 0 Å². The minimum Gasteiger partial charge on any atom is -0.497 e. The number of rotatable bonds is 5. The summed E-state index contributed by atoms with van der Waals surface area (Å²) in [4.78, 5) is 4.75. The molecule has 2 aromatic carbocycles. The Morgan fingerprint density at radius 2 is 1.90 bits per heavy atom. The largest absolute Gasteiger partial charge is 0.497 e. The summed E-state index contributed by atoms with van der Waals surface area (Å²) in [5.41, 5.74) is 2.35. The number of nitrogens with zero attached hydrogens (tertiary/aromatic N) is 1. The van der Waals surface area contributed by atoms with Crippen LogP contribution in [0.5, 0.6) is 5.75 Å². The zero-order valence-corrected chi connectivity index (χ0v) is 13.0. The molecule has 1 aromatic heterocycles. The number of aromatic nitrogens is 1. The summed E-state index contributed by atoms with van der Waals surface area (Å²) >= 11 is 1.76. The second-order valence-electron chi connectivity index (χ2n) is 4.91. The summed E-state index contributed by atoms with van der Waals surface area (Å²) in [6.45, 7) is 0. The number of likely N-dealkylation sites (N-methyl/N-ethyl adjacent to an activating group) is 1. The van der Waals surface area contributed by atoms with E-state index < -0.39 is 0 Å². The first kappa shape index (κ1) is 14.0. The minimum atomic E-state index is 0.232. The first-order chi connectivity index (χ1) is 10.3. The number of hydrogen-bond acceptors (Lipinski definition) is 4. The first-order valence-corrected chi connectivity index (χ1v) is 7.77. The van der Waals surface area contributed by atoms with Crippen LogP contribution in [-0.2, 0) is 6.42 Å². The molecule has 1 atom stereocenters. The molecule has 0 aliphatic rings. The average molecular weight is 298 g/mol. The summed E-state index contributed by atoms with van der Waals surface area (Å²) < 4.78 is 6.44. The molecule has 21 heavy (non-hydrogen) atoms. The highest BCUT2D eigenvalue weighted by Gasteiger charge is 2.15. The first-order valence-electron chi connectivity index (χ1n) is 6.96. The highest BCUT2D eigenvalue weighted by molar-refractivity contribution is 7.18. The number of hydrogen-bond donors (Lipinski definition) is 1. The monoisotopic (exact) mass is 298 g/mol. The molecule has 1 N–H and O–H groups in total. The fraction of sp³-hybridized carbons (Fsp3) is 0.235. The molecule has 1 unspecified atom stereocenters. The zero-order valence-electron chi connectivity index (χ0n) is 12.2. The highest BCUT2D eigenvalue weighted by atomic mass is 32.1. The van der Waals surface area contributed by atoms with Gasteiger partial charge in [-0.3, -0.25) is 0 Å². The number of benzene rings is 2. The molecular formula is C17H18N2OS. The number of fused-ring (bicyclic) bond motifs is 1. The maximum Gasteiger partial charge on any atom is 0.118 e. The molecule has 0 saturated heterocycles. The van der Waals surface area contributed by atoms with Crippen molar-refractivity contribution in [2.45, 2.75) is 12.5 Å². The molecule has 108 valence electrons. The van der Waals surface area contributed by atoms with Gasteiger partial charge in [-0.25, -0.2) is 4.98 Å². The normalized spacial score (nSPS) is 12.5. The summed E-state index contributed by atoms with van der Waals surface area (Å²) in [5.74, 6) is 0.889. The van der Waals surface area contributed by atoms with Crippen molar-refractivity contribution in [1.82, 2.24) is 10.3 Å². The topological polar surface area (TPSA) is 34.1 Å². The molecule has 3 rings (SSSR count). The lowest BCUT2D eigenvalue weighted by molar-refractivity contribution is 0.414. The SMILES string of the molecule is CNC(Cc1ccc(OC)cc1)c1nc2ccccc2s1. The van der Waals surface area contributed by atoms with Gasteiger partial charge in [-0.2, -0.15) is 0 Å². The molecular weight excluding hydrogens is 280 g/mol. The third-order valence-electron chi connectivity index (χ3n) is 3.56. The van der Waals surface area contributed by atoms with Gasteiger partial charge in [0.25, 0.3) is 0 Å². The van der Waals surface area contributed by atoms with Crippen LogP contribution < -0.4 is 10.1 Å². The predicted molar refractivity (Wildman–Crippen MR) is 88.1 cm³/mol. The van der Waals surface area contributed by atoms with Crippen LogP contribution in [0.4, 0.5) is 0 Å². The van der Waals surface area contributed by atoms with E-state index in [1.54, 1.807) is 18.4 Å². The lowest BCUT2D eigenvalue weighted by atomic mass is 10.1. The molecule has 1 heterocycles. The molecule has 0 saturated carbocycles. The van der Waals surface area contributed by atoms with Crippen molar-refractivity contribution < 1.29 is 4.74 Å². The van der Waals surface area contributed by atoms with Gasteiger partial charge in [0.2, 0.25) is 0 Å². The number of thiazole rings is 1. The van der Waals surface area contributed by atoms with E-state index in [4.69, 9.17) is 9.72 Å². The molecule has 0 fully saturated rings. The fourth-order valence-corrected chi connectivity index (χ4v) is 3.43. The number of ether oxygens (including phenoxy) is 1. The van der Waals surface area contributed by atoms with Gasteiger partial charge >= 0.3 is 0 Å². The Balaban J connectivity index is 1.83. The van der Waals surface area contributed by atoms with E-state index in [1.807, 2.05) is 25.2 Å². The Morgan fingerprint density at radius 3 is 2.57 bits per heavy atom. The van der Waals surface area contributed by atoms with Crippen LogP contribution in [0.25, 0.3) is 10.2 Å². The summed E-state index contributed by atoms with van der Waals surface area (Å²) in [6, 6.07) is 16.7. The van der Waals surface area contributed by atoms with Crippen LogP contribution >= 0.6 is 11.3 Å². The lowest BCUT2D eigenvalue weighted by Crippen LogP contribution is -2.18. The maximum atomic E-state index is 5.20. The smallest absolute Gasteiger partial charge is 0.118 e. The van der Waals surface area contributed by atoms with Gasteiger partial charge in [0, 0.05) is 0 Å². The summed E-state index contributed by atoms with van der Waals surface area (Å²) in [6.07, 6.45) is 0.917. The highest BCUT2D eigenvalue weighted by Crippen LogP contribution is 2.28. The fourth-order valence-electron chi connectivity index (χ4n) is 2.35. The van der Waals surface area contributed by atoms with E-state index in [2.05, 4.69) is 35.6 Å². The van der Waals surface area contributed by atoms with E-state index in [0.717, 1.165) is 22.7 Å². The third-order valence-corrected chi connectivity index (χ3v) is 4.71. The van der Waals surface area contributed by atoms with Gasteiger partial charge in [-0.1, -0.05) is 24.3 Å². The standard InChI is InChI=1S/C17H18N2OS/c1-18-15(11-12-7-9-13(20-2)10-8-12)17-19-14-5-3-4-6-16(14)21-17/h3-10,15,18H,11H2,1-2H3. The van der Waals surface area contributed by atoms with E-state index >= 15 is 0 Å². The van der Waals surface area contributed by atoms with Crippen molar-refractivity contribution in [3.63, 3.8) is 0 Å². The minimum absolute atomic E-state index is 0.232. The molecule has 0 radical (unpaired) electrons. The van der Waals surface area contributed by atoms with Gasteiger partial charge in [-0.15, -0.1) is 11.3 Å². The van der Waals surface area contributed by atoms with Crippen LogP contribution in [0.1, 0.15) is 16.6 Å². The predicted octanol–water partition coefficient (Wildman–Crippen LogP) is 3.81. The van der Waals surface area contributed by atoms with E-state index in [1.165, 1.54) is 10.3 Å². The molecule has 0 aliphatic heterocycles. The van der Waals surface area contributed by atoms with Crippen LogP contribution in [0, 0.1) is 0 Å². The number of nitrogens with one attached hydrogen (secondary N) is 1. The molecule has 0 aliphatic carbocycles. The summed E-state index contributed by atoms with van der Waals surface area (Å²) in [5, 5.41) is 4.51. The molecule has 4 heteroatoms. The molecule has 3 nitrogen and oxygen atoms in total. The molecule has 0 amide bonds. The van der Waals surface area contributed by atoms with Crippen LogP contribution in [0.2, 0.25) is 0 Å². The van der Waals surface area contributed by atoms with Crippen molar-refractivity contribution in [2.75, 3.05) is 14.2 Å². The average Bonchev–Trinajstić information content (AvgIpc) is 2.97. The molecule has 0 spiro atoms. The molecule has 3 aromatic rings. The van der Waals surface area contributed by atoms with Gasteiger partial charge in [-0.05, 0) is 43.3 Å². The zero-order chi connectivity index (χ0) is 14.7. The van der Waals surface area contributed by atoms with Crippen molar-refractivity contribution in [3.8, 4) is 5.75 Å². The third kappa shape index (κ3) is 3.06. The molecule has 0 bridgehead atoms. The van der Waals surface area contributed by atoms with Crippen LogP contribution in [0.15, 0.2) is 48.5 Å². The van der Waals surface area contributed by atoms with Gasteiger partial charge in [0.15, 0.2) is 0 Å². The van der Waals surface area contributed by atoms with Crippen molar-refractivity contribution in [3.05, 3.63) is 59.1 Å². The Morgan fingerprint density at radius 1 is 1.14 bits per heavy atom.